The molecule has 0 aliphatic carbocycles. The van der Waals surface area contributed by atoms with E-state index in [-0.39, 0.29) is 10.8 Å². The minimum Gasteiger partial charge on any atom is -0.352 e. The molecule has 2 rings (SSSR count). The van der Waals surface area contributed by atoms with Crippen LogP contribution in [0.1, 0.15) is 12.5 Å². The van der Waals surface area contributed by atoms with Gasteiger partial charge in [0.05, 0.1) is 16.8 Å². The summed E-state index contributed by atoms with van der Waals surface area (Å²) in [7, 11) is -3.19. The molecule has 0 fully saturated rings. The highest BCUT2D eigenvalue weighted by Gasteiger charge is 2.07. The van der Waals surface area contributed by atoms with Gasteiger partial charge >= 0.3 is 0 Å². The average Bonchev–Trinajstić information content (AvgIpc) is 2.84. The number of amides is 1. The standard InChI is InChI=1S/C13H15N3O3S/c1-10(17)14-7-11-8-15-16(9-11)12-3-5-13(6-4-12)20(2,18)19/h3-6,8-9H,7H2,1-2H3,(H,14,17). The normalized spacial score (nSPS) is 11.3. The van der Waals surface area contributed by atoms with Crippen LogP contribution in [0.5, 0.6) is 0 Å². The molecule has 0 atom stereocenters. The summed E-state index contributed by atoms with van der Waals surface area (Å²) < 4.78 is 24.4. The molecule has 0 saturated heterocycles. The highest BCUT2D eigenvalue weighted by atomic mass is 32.2. The number of benzene rings is 1. The molecule has 0 aliphatic heterocycles. The molecule has 1 N–H and O–H groups in total. The van der Waals surface area contributed by atoms with Crippen LogP contribution in [0.25, 0.3) is 5.69 Å². The highest BCUT2D eigenvalue weighted by Crippen LogP contribution is 2.13. The summed E-state index contributed by atoms with van der Waals surface area (Å²) in [5.41, 5.74) is 1.62. The molecule has 7 heteroatoms. The molecule has 0 unspecified atom stereocenters. The summed E-state index contributed by atoms with van der Waals surface area (Å²) in [5.74, 6) is -0.102. The lowest BCUT2D eigenvalue weighted by Crippen LogP contribution is -2.18. The second-order valence-electron chi connectivity index (χ2n) is 4.47. The summed E-state index contributed by atoms with van der Waals surface area (Å²) in [6.45, 7) is 1.87. The Balaban J connectivity index is 2.18. The molecule has 1 amide bonds. The quantitative estimate of drug-likeness (QED) is 0.908. The smallest absolute Gasteiger partial charge is 0.217 e. The van der Waals surface area contributed by atoms with Crippen molar-refractivity contribution in [2.45, 2.75) is 18.4 Å². The fourth-order valence-corrected chi connectivity index (χ4v) is 2.30. The summed E-state index contributed by atoms with van der Waals surface area (Å²) in [6.07, 6.45) is 4.60. The van der Waals surface area contributed by atoms with Gasteiger partial charge in [-0.2, -0.15) is 5.10 Å². The van der Waals surface area contributed by atoms with E-state index >= 15 is 0 Å². The van der Waals surface area contributed by atoms with Gasteiger partial charge in [0.15, 0.2) is 9.84 Å². The molecule has 20 heavy (non-hydrogen) atoms. The van der Waals surface area contributed by atoms with Gasteiger partial charge in [-0.1, -0.05) is 0 Å². The first-order valence-corrected chi connectivity index (χ1v) is 7.84. The topological polar surface area (TPSA) is 81.1 Å². The van der Waals surface area contributed by atoms with Crippen molar-refractivity contribution in [2.24, 2.45) is 0 Å². The monoisotopic (exact) mass is 293 g/mol. The van der Waals surface area contributed by atoms with E-state index in [1.165, 1.54) is 13.2 Å². The Labute approximate surface area is 117 Å². The van der Waals surface area contributed by atoms with Gasteiger partial charge in [0.25, 0.3) is 0 Å². The van der Waals surface area contributed by atoms with E-state index in [1.807, 2.05) is 0 Å². The van der Waals surface area contributed by atoms with Crippen molar-refractivity contribution in [2.75, 3.05) is 6.26 Å². The van der Waals surface area contributed by atoms with Crippen molar-refractivity contribution in [1.29, 1.82) is 0 Å². The maximum absolute atomic E-state index is 11.4. The number of hydrogen-bond donors (Lipinski definition) is 1. The van der Waals surface area contributed by atoms with E-state index in [0.29, 0.717) is 6.54 Å². The van der Waals surface area contributed by atoms with Gasteiger partial charge in [-0.05, 0) is 24.3 Å². The molecular weight excluding hydrogens is 278 g/mol. The number of sulfone groups is 1. The first-order chi connectivity index (χ1) is 9.36. The molecule has 6 nitrogen and oxygen atoms in total. The van der Waals surface area contributed by atoms with E-state index in [0.717, 1.165) is 11.3 Å². The van der Waals surface area contributed by atoms with Crippen molar-refractivity contribution < 1.29 is 13.2 Å². The molecule has 2 aromatic rings. The average molecular weight is 293 g/mol. The number of nitrogens with one attached hydrogen (secondary N) is 1. The molecule has 106 valence electrons. The zero-order valence-corrected chi connectivity index (χ0v) is 12.0. The van der Waals surface area contributed by atoms with Gasteiger partial charge in [-0.15, -0.1) is 0 Å². The van der Waals surface area contributed by atoms with Crippen molar-refractivity contribution in [3.8, 4) is 5.69 Å². The lowest BCUT2D eigenvalue weighted by molar-refractivity contribution is -0.119. The Morgan fingerprint density at radius 1 is 1.30 bits per heavy atom. The Bertz CT molecular complexity index is 718. The van der Waals surface area contributed by atoms with E-state index < -0.39 is 9.84 Å². The first-order valence-electron chi connectivity index (χ1n) is 5.95. The third-order valence-corrected chi connectivity index (χ3v) is 3.84. The molecule has 0 bridgehead atoms. The van der Waals surface area contributed by atoms with Crippen LogP contribution in [0.3, 0.4) is 0 Å². The van der Waals surface area contributed by atoms with Crippen molar-refractivity contribution in [1.82, 2.24) is 15.1 Å². The number of nitrogens with zero attached hydrogens (tertiary/aromatic N) is 2. The molecular formula is C13H15N3O3S. The predicted octanol–water partition coefficient (Wildman–Crippen LogP) is 0.912. The minimum atomic E-state index is -3.19. The molecule has 0 radical (unpaired) electrons. The predicted molar refractivity (Wildman–Crippen MR) is 74.2 cm³/mol. The van der Waals surface area contributed by atoms with Crippen LogP contribution >= 0.6 is 0 Å². The number of carbonyl (C=O) groups is 1. The number of rotatable bonds is 4. The van der Waals surface area contributed by atoms with Gasteiger partial charge in [0.2, 0.25) is 5.91 Å². The summed E-state index contributed by atoms with van der Waals surface area (Å²) in [4.78, 5) is 11.1. The van der Waals surface area contributed by atoms with Gasteiger partial charge in [0, 0.05) is 31.5 Å². The van der Waals surface area contributed by atoms with Crippen LogP contribution in [0.15, 0.2) is 41.6 Å². The number of hydrogen-bond acceptors (Lipinski definition) is 4. The second-order valence-corrected chi connectivity index (χ2v) is 6.48. The van der Waals surface area contributed by atoms with E-state index in [2.05, 4.69) is 10.4 Å². The molecule has 1 aromatic carbocycles. The summed E-state index contributed by atoms with van der Waals surface area (Å²) in [5, 5.41) is 6.86. The molecule has 0 aliphatic rings. The molecule has 0 spiro atoms. The maximum Gasteiger partial charge on any atom is 0.217 e. The van der Waals surface area contributed by atoms with Crippen LogP contribution in [-0.2, 0) is 21.2 Å². The fourth-order valence-electron chi connectivity index (χ4n) is 1.67. The van der Waals surface area contributed by atoms with Gasteiger partial charge in [0.1, 0.15) is 0 Å². The number of aromatic nitrogens is 2. The molecule has 1 aromatic heterocycles. The van der Waals surface area contributed by atoms with Crippen LogP contribution in [0.4, 0.5) is 0 Å². The Morgan fingerprint density at radius 3 is 2.50 bits per heavy atom. The van der Waals surface area contributed by atoms with Gasteiger partial charge in [-0.3, -0.25) is 4.79 Å². The van der Waals surface area contributed by atoms with Crippen LogP contribution in [-0.4, -0.2) is 30.4 Å². The Morgan fingerprint density at radius 2 is 1.95 bits per heavy atom. The van der Waals surface area contributed by atoms with E-state index in [1.54, 1.807) is 41.3 Å². The molecule has 1 heterocycles. The highest BCUT2D eigenvalue weighted by molar-refractivity contribution is 7.90. The third kappa shape index (κ3) is 3.45. The largest absolute Gasteiger partial charge is 0.352 e. The second kappa shape index (κ2) is 5.46. The van der Waals surface area contributed by atoms with Crippen LogP contribution < -0.4 is 5.32 Å². The fraction of sp³-hybridized carbons (Fsp3) is 0.231. The van der Waals surface area contributed by atoms with Crippen LogP contribution in [0, 0.1) is 0 Å². The number of carbonyl (C=O) groups excluding carboxylic acids is 1. The molecule has 0 saturated carbocycles. The van der Waals surface area contributed by atoms with E-state index in [9.17, 15) is 13.2 Å². The minimum absolute atomic E-state index is 0.102. The Hall–Kier alpha value is -2.15. The summed E-state index contributed by atoms with van der Waals surface area (Å²) >= 11 is 0. The SMILES string of the molecule is CC(=O)NCc1cnn(-c2ccc(S(C)(=O)=O)cc2)c1. The van der Waals surface area contributed by atoms with E-state index in [4.69, 9.17) is 0 Å². The van der Waals surface area contributed by atoms with Crippen molar-refractivity contribution in [3.05, 3.63) is 42.2 Å². The van der Waals surface area contributed by atoms with Crippen molar-refractivity contribution in [3.63, 3.8) is 0 Å². The zero-order chi connectivity index (χ0) is 14.8. The lowest BCUT2D eigenvalue weighted by atomic mass is 10.3. The zero-order valence-electron chi connectivity index (χ0n) is 11.2. The Kier molecular flexibility index (Phi) is 3.89. The first kappa shape index (κ1) is 14.3. The lowest BCUT2D eigenvalue weighted by Gasteiger charge is -2.03. The van der Waals surface area contributed by atoms with Gasteiger partial charge < -0.3 is 5.32 Å². The van der Waals surface area contributed by atoms with Gasteiger partial charge in [-0.25, -0.2) is 13.1 Å². The van der Waals surface area contributed by atoms with Crippen LogP contribution in [0.2, 0.25) is 0 Å². The van der Waals surface area contributed by atoms with Crippen molar-refractivity contribution >= 4 is 15.7 Å². The maximum atomic E-state index is 11.4. The summed E-state index contributed by atoms with van der Waals surface area (Å²) in [6, 6.07) is 6.46. The third-order valence-electron chi connectivity index (χ3n) is 2.71.